The molecule has 0 aliphatic carbocycles. The first-order valence-corrected chi connectivity index (χ1v) is 5.90. The first kappa shape index (κ1) is 18.3. The van der Waals surface area contributed by atoms with Gasteiger partial charge in [0.15, 0.2) is 0 Å². The Kier molecular flexibility index (Phi) is 9.72. The predicted molar refractivity (Wildman–Crippen MR) is 66.9 cm³/mol. The molecule has 114 valence electrons. The third kappa shape index (κ3) is 6.31. The van der Waals surface area contributed by atoms with E-state index in [0.29, 0.717) is 0 Å². The van der Waals surface area contributed by atoms with Crippen molar-refractivity contribution in [3.05, 3.63) is 0 Å². The Morgan fingerprint density at radius 2 is 1.58 bits per heavy atom. The summed E-state index contributed by atoms with van der Waals surface area (Å²) in [6.07, 6.45) is -2.69. The number of hydrogen-bond donors (Lipinski definition) is 1. The van der Waals surface area contributed by atoms with Gasteiger partial charge >= 0.3 is 5.97 Å². The largest absolute Gasteiger partial charge is 0.463 e. The molecule has 7 nitrogen and oxygen atoms in total. The van der Waals surface area contributed by atoms with Crippen molar-refractivity contribution in [1.82, 2.24) is 0 Å². The second kappa shape index (κ2) is 10.1. The van der Waals surface area contributed by atoms with E-state index < -0.39 is 30.4 Å². The summed E-state index contributed by atoms with van der Waals surface area (Å²) >= 11 is 0. The van der Waals surface area contributed by atoms with Gasteiger partial charge in [-0.3, -0.25) is 4.79 Å². The second-order valence-electron chi connectivity index (χ2n) is 4.00. The average molecular weight is 280 g/mol. The Morgan fingerprint density at radius 3 is 1.95 bits per heavy atom. The van der Waals surface area contributed by atoms with Gasteiger partial charge in [-0.25, -0.2) is 0 Å². The van der Waals surface area contributed by atoms with Gasteiger partial charge in [0.2, 0.25) is 0 Å². The maximum Gasteiger partial charge on any atom is 0.302 e. The number of carbonyl (C=O) groups is 1. The fourth-order valence-corrected chi connectivity index (χ4v) is 1.77. The minimum Gasteiger partial charge on any atom is -0.463 e. The standard InChI is InChI=1S/C12H24O7/c1-8(13)19-7-10(16-3)12(18-5)11(17-4)9(14)6-15-2/h9-12,14H,6-7H2,1-5H3/t9-,10+,11-,12-/m1/s1. The van der Waals surface area contributed by atoms with Crippen LogP contribution >= 0.6 is 0 Å². The Bertz CT molecular complexity index is 246. The van der Waals surface area contributed by atoms with E-state index in [4.69, 9.17) is 23.7 Å². The van der Waals surface area contributed by atoms with Crippen molar-refractivity contribution in [3.8, 4) is 0 Å². The summed E-state index contributed by atoms with van der Waals surface area (Å²) in [7, 11) is 5.87. The minimum atomic E-state index is -0.880. The molecule has 0 heterocycles. The monoisotopic (exact) mass is 280 g/mol. The van der Waals surface area contributed by atoms with Crippen molar-refractivity contribution in [2.45, 2.75) is 31.3 Å². The van der Waals surface area contributed by atoms with Crippen molar-refractivity contribution in [1.29, 1.82) is 0 Å². The highest BCUT2D eigenvalue weighted by Gasteiger charge is 2.35. The summed E-state index contributed by atoms with van der Waals surface area (Å²) in [4.78, 5) is 10.8. The highest BCUT2D eigenvalue weighted by atomic mass is 16.6. The fraction of sp³-hybridized carbons (Fsp3) is 0.917. The molecule has 0 fully saturated rings. The molecule has 0 radical (unpaired) electrons. The molecule has 0 aliphatic heterocycles. The van der Waals surface area contributed by atoms with Crippen molar-refractivity contribution in [3.63, 3.8) is 0 Å². The van der Waals surface area contributed by atoms with Crippen LogP contribution in [0.5, 0.6) is 0 Å². The summed E-state index contributed by atoms with van der Waals surface area (Å²) in [5.74, 6) is -0.414. The minimum absolute atomic E-state index is 0.0178. The van der Waals surface area contributed by atoms with E-state index in [2.05, 4.69) is 0 Å². The number of methoxy groups -OCH3 is 4. The smallest absolute Gasteiger partial charge is 0.302 e. The second-order valence-corrected chi connectivity index (χ2v) is 4.00. The van der Waals surface area contributed by atoms with Crippen LogP contribution in [0, 0.1) is 0 Å². The summed E-state index contributed by atoms with van der Waals surface area (Å²) in [6.45, 7) is 1.42. The zero-order chi connectivity index (χ0) is 14.8. The summed E-state index contributed by atoms with van der Waals surface area (Å²) < 4.78 is 25.5. The number of ether oxygens (including phenoxy) is 5. The lowest BCUT2D eigenvalue weighted by Gasteiger charge is -2.33. The first-order valence-electron chi connectivity index (χ1n) is 5.90. The summed E-state index contributed by atoms with van der Waals surface area (Å²) in [5, 5.41) is 9.94. The molecule has 0 bridgehead atoms. The Balaban J connectivity index is 4.74. The number of carbonyl (C=O) groups excluding carboxylic acids is 1. The van der Waals surface area contributed by atoms with E-state index in [1.807, 2.05) is 0 Å². The van der Waals surface area contributed by atoms with Crippen LogP contribution in [0.4, 0.5) is 0 Å². The van der Waals surface area contributed by atoms with Crippen LogP contribution in [-0.2, 0) is 28.5 Å². The van der Waals surface area contributed by atoms with Crippen molar-refractivity contribution in [2.24, 2.45) is 0 Å². The molecular weight excluding hydrogens is 256 g/mol. The van der Waals surface area contributed by atoms with Gasteiger partial charge in [0.05, 0.1) is 6.61 Å². The summed E-state index contributed by atoms with van der Waals surface area (Å²) in [6, 6.07) is 0. The van der Waals surface area contributed by atoms with Gasteiger partial charge in [-0.05, 0) is 0 Å². The molecule has 0 unspecified atom stereocenters. The third-order valence-corrected chi connectivity index (χ3v) is 2.70. The predicted octanol–water partition coefficient (Wildman–Crippen LogP) is -0.398. The zero-order valence-corrected chi connectivity index (χ0v) is 12.1. The lowest BCUT2D eigenvalue weighted by molar-refractivity contribution is -0.169. The van der Waals surface area contributed by atoms with Gasteiger partial charge in [-0.2, -0.15) is 0 Å². The first-order chi connectivity index (χ1) is 9.01. The number of rotatable bonds is 10. The van der Waals surface area contributed by atoms with Gasteiger partial charge in [0.1, 0.15) is 31.0 Å². The van der Waals surface area contributed by atoms with E-state index in [9.17, 15) is 9.90 Å². The molecule has 0 saturated heterocycles. The lowest BCUT2D eigenvalue weighted by atomic mass is 10.0. The van der Waals surface area contributed by atoms with Crippen molar-refractivity contribution in [2.75, 3.05) is 41.7 Å². The van der Waals surface area contributed by atoms with Gasteiger partial charge < -0.3 is 28.8 Å². The third-order valence-electron chi connectivity index (χ3n) is 2.70. The molecule has 4 atom stereocenters. The molecule has 19 heavy (non-hydrogen) atoms. The maximum atomic E-state index is 10.8. The number of esters is 1. The van der Waals surface area contributed by atoms with E-state index in [1.165, 1.54) is 35.4 Å². The molecule has 1 N–H and O–H groups in total. The molecule has 0 saturated carbocycles. The van der Waals surface area contributed by atoms with E-state index >= 15 is 0 Å². The zero-order valence-electron chi connectivity index (χ0n) is 12.1. The summed E-state index contributed by atoms with van der Waals surface area (Å²) in [5.41, 5.74) is 0. The highest BCUT2D eigenvalue weighted by Crippen LogP contribution is 2.15. The number of aliphatic hydroxyl groups is 1. The molecule has 0 rings (SSSR count). The molecule has 0 spiro atoms. The van der Waals surface area contributed by atoms with Crippen LogP contribution in [0.1, 0.15) is 6.92 Å². The van der Waals surface area contributed by atoms with Crippen LogP contribution in [-0.4, -0.2) is 77.1 Å². The Hall–Kier alpha value is -0.730. The van der Waals surface area contributed by atoms with Gasteiger partial charge in [-0.15, -0.1) is 0 Å². The van der Waals surface area contributed by atoms with E-state index in [1.54, 1.807) is 0 Å². The van der Waals surface area contributed by atoms with Crippen LogP contribution in [0.3, 0.4) is 0 Å². The molecule has 7 heteroatoms. The van der Waals surface area contributed by atoms with Crippen molar-refractivity contribution >= 4 is 5.97 Å². The molecule has 0 amide bonds. The normalized spacial score (nSPS) is 17.6. The van der Waals surface area contributed by atoms with Crippen LogP contribution in [0.2, 0.25) is 0 Å². The van der Waals surface area contributed by atoms with Crippen LogP contribution in [0.25, 0.3) is 0 Å². The topological polar surface area (TPSA) is 83.5 Å². The molecule has 0 aromatic heterocycles. The fourth-order valence-electron chi connectivity index (χ4n) is 1.77. The van der Waals surface area contributed by atoms with Gasteiger partial charge in [-0.1, -0.05) is 0 Å². The average Bonchev–Trinajstić information content (AvgIpc) is 2.37. The van der Waals surface area contributed by atoms with E-state index in [-0.39, 0.29) is 13.2 Å². The lowest BCUT2D eigenvalue weighted by Crippen LogP contribution is -2.50. The molecule has 0 aromatic rings. The van der Waals surface area contributed by atoms with E-state index in [0.717, 1.165) is 0 Å². The van der Waals surface area contributed by atoms with Gasteiger partial charge in [0, 0.05) is 35.4 Å². The maximum absolute atomic E-state index is 10.8. The van der Waals surface area contributed by atoms with Crippen LogP contribution < -0.4 is 0 Å². The SMILES string of the molecule is COC[C@@H](O)[C@@H](OC)[C@H](OC)[C@H](COC(C)=O)OC. The Labute approximate surface area is 113 Å². The highest BCUT2D eigenvalue weighted by molar-refractivity contribution is 5.65. The van der Waals surface area contributed by atoms with Crippen molar-refractivity contribution < 1.29 is 33.6 Å². The number of hydrogen-bond acceptors (Lipinski definition) is 7. The number of aliphatic hydroxyl groups excluding tert-OH is 1. The molecule has 0 aliphatic rings. The molecule has 0 aromatic carbocycles. The van der Waals surface area contributed by atoms with Gasteiger partial charge in [0.25, 0.3) is 0 Å². The Morgan fingerprint density at radius 1 is 1.00 bits per heavy atom. The quantitative estimate of drug-likeness (QED) is 0.545. The molecular formula is C12H24O7. The van der Waals surface area contributed by atoms with Crippen LogP contribution in [0.15, 0.2) is 0 Å².